The Morgan fingerprint density at radius 1 is 1.23 bits per heavy atom. The average molecular weight is 418 g/mol. The number of nitrogens with zero attached hydrogens (tertiary/aromatic N) is 1. The molecule has 1 saturated carbocycles. The van der Waals surface area contributed by atoms with Gasteiger partial charge >= 0.3 is 0 Å². The van der Waals surface area contributed by atoms with Gasteiger partial charge in [0.05, 0.1) is 25.7 Å². The second kappa shape index (κ2) is 8.91. The van der Waals surface area contributed by atoms with Crippen molar-refractivity contribution in [2.75, 3.05) is 39.1 Å². The van der Waals surface area contributed by atoms with Crippen LogP contribution in [-0.4, -0.2) is 73.9 Å². The molecule has 0 unspecified atom stereocenters. The van der Waals surface area contributed by atoms with Crippen molar-refractivity contribution in [3.05, 3.63) is 23.8 Å². The maximum absolute atomic E-state index is 12.3. The van der Waals surface area contributed by atoms with Crippen LogP contribution in [0.15, 0.2) is 18.2 Å². The van der Waals surface area contributed by atoms with E-state index in [0.29, 0.717) is 18.9 Å². The number of fused-ring (bicyclic) bond motifs is 3. The van der Waals surface area contributed by atoms with Crippen molar-refractivity contribution in [2.45, 2.75) is 49.9 Å². The Balaban J connectivity index is 1.44. The largest absolute Gasteiger partial charge is 0.487 e. The molecule has 2 fully saturated rings. The van der Waals surface area contributed by atoms with Gasteiger partial charge in [-0.3, -0.25) is 9.59 Å². The maximum Gasteiger partial charge on any atom is 0.238 e. The first-order valence-electron chi connectivity index (χ1n) is 10.7. The molecular formula is C22H31N3O5. The van der Waals surface area contributed by atoms with Gasteiger partial charge < -0.3 is 30.1 Å². The van der Waals surface area contributed by atoms with Crippen LogP contribution in [0, 0.1) is 5.92 Å². The van der Waals surface area contributed by atoms with Crippen molar-refractivity contribution < 1.29 is 24.2 Å². The summed E-state index contributed by atoms with van der Waals surface area (Å²) < 4.78 is 12.1. The molecule has 1 aliphatic carbocycles. The van der Waals surface area contributed by atoms with Crippen LogP contribution in [0.25, 0.3) is 0 Å². The number of nitrogens with one attached hydrogen (secondary N) is 2. The molecule has 1 aromatic carbocycles. The molecule has 8 nitrogen and oxygen atoms in total. The number of aliphatic hydroxyl groups is 1. The number of carbonyl (C=O) groups excluding carboxylic acids is 2. The maximum atomic E-state index is 12.3. The number of rotatable bonds is 8. The lowest BCUT2D eigenvalue weighted by Gasteiger charge is -2.37. The fourth-order valence-corrected chi connectivity index (χ4v) is 4.31. The van der Waals surface area contributed by atoms with Crippen molar-refractivity contribution >= 4 is 17.5 Å². The predicted octanol–water partition coefficient (Wildman–Crippen LogP) is 1.10. The molecule has 3 N–H and O–H groups in total. The number of amides is 2. The van der Waals surface area contributed by atoms with Gasteiger partial charge in [-0.1, -0.05) is 0 Å². The first kappa shape index (κ1) is 21.1. The zero-order chi connectivity index (χ0) is 21.3. The third-order valence-electron chi connectivity index (χ3n) is 5.94. The molecule has 0 spiro atoms. The standard InChI is InChI=1S/C22H31N3O5/c1-25(2)11-21(28)24-14-5-6-18-16(7-14)17-8-15(29-19(12-26)22(17)30-18)9-20(27)23-10-13-3-4-13/h5-7,13,15,17,19,22,26H,3-4,8-12H2,1-2H3,(H,23,27)(H,24,28)/t15-,17-,19+,22+/m1/s1. The zero-order valence-electron chi connectivity index (χ0n) is 17.6. The van der Waals surface area contributed by atoms with Gasteiger partial charge in [0.2, 0.25) is 11.8 Å². The molecule has 0 aromatic heterocycles. The molecule has 3 aliphatic rings. The van der Waals surface area contributed by atoms with E-state index >= 15 is 0 Å². The summed E-state index contributed by atoms with van der Waals surface area (Å²) in [6, 6.07) is 5.61. The highest BCUT2D eigenvalue weighted by molar-refractivity contribution is 5.92. The average Bonchev–Trinajstić information content (AvgIpc) is 3.45. The van der Waals surface area contributed by atoms with Crippen molar-refractivity contribution in [3.63, 3.8) is 0 Å². The molecular weight excluding hydrogens is 386 g/mol. The Morgan fingerprint density at radius 3 is 2.73 bits per heavy atom. The number of hydrogen-bond donors (Lipinski definition) is 3. The lowest BCUT2D eigenvalue weighted by molar-refractivity contribution is -0.142. The number of ether oxygens (including phenoxy) is 2. The van der Waals surface area contributed by atoms with E-state index in [9.17, 15) is 14.7 Å². The summed E-state index contributed by atoms with van der Waals surface area (Å²) in [5, 5.41) is 15.7. The fourth-order valence-electron chi connectivity index (χ4n) is 4.31. The summed E-state index contributed by atoms with van der Waals surface area (Å²) in [6.45, 7) is 0.878. The highest BCUT2D eigenvalue weighted by atomic mass is 16.6. The second-order valence-electron chi connectivity index (χ2n) is 8.89. The van der Waals surface area contributed by atoms with E-state index in [2.05, 4.69) is 10.6 Å². The lowest BCUT2D eigenvalue weighted by atomic mass is 9.84. The van der Waals surface area contributed by atoms with Crippen LogP contribution in [0.3, 0.4) is 0 Å². The number of benzene rings is 1. The zero-order valence-corrected chi connectivity index (χ0v) is 17.6. The summed E-state index contributed by atoms with van der Waals surface area (Å²) in [5.74, 6) is 1.30. The van der Waals surface area contributed by atoms with Crippen LogP contribution in [0.4, 0.5) is 5.69 Å². The molecule has 0 bridgehead atoms. The van der Waals surface area contributed by atoms with E-state index in [1.54, 1.807) is 0 Å². The van der Waals surface area contributed by atoms with Gasteiger partial charge in [-0.15, -0.1) is 0 Å². The van der Waals surface area contributed by atoms with E-state index in [4.69, 9.17) is 9.47 Å². The molecule has 8 heteroatoms. The summed E-state index contributed by atoms with van der Waals surface area (Å²) in [4.78, 5) is 26.2. The van der Waals surface area contributed by atoms with E-state index in [0.717, 1.165) is 23.5 Å². The monoisotopic (exact) mass is 417 g/mol. The summed E-state index contributed by atoms with van der Waals surface area (Å²) in [6.07, 6.45) is 2.26. The summed E-state index contributed by atoms with van der Waals surface area (Å²) >= 11 is 0. The van der Waals surface area contributed by atoms with Gasteiger partial charge in [-0.05, 0) is 57.5 Å². The fraction of sp³-hybridized carbons (Fsp3) is 0.636. The minimum atomic E-state index is -0.482. The van der Waals surface area contributed by atoms with Crippen LogP contribution < -0.4 is 15.4 Å². The smallest absolute Gasteiger partial charge is 0.238 e. The topological polar surface area (TPSA) is 100 Å². The second-order valence-corrected chi connectivity index (χ2v) is 8.89. The van der Waals surface area contributed by atoms with Gasteiger partial charge in [0.1, 0.15) is 18.0 Å². The van der Waals surface area contributed by atoms with Crippen molar-refractivity contribution in [1.29, 1.82) is 0 Å². The third kappa shape index (κ3) is 4.94. The van der Waals surface area contributed by atoms with Crippen LogP contribution in [-0.2, 0) is 14.3 Å². The summed E-state index contributed by atoms with van der Waals surface area (Å²) in [5.41, 5.74) is 1.71. The van der Waals surface area contributed by atoms with Crippen LogP contribution in [0.1, 0.15) is 37.2 Å². The number of aliphatic hydroxyl groups excluding tert-OH is 1. The Bertz CT molecular complexity index is 795. The van der Waals surface area contributed by atoms with Gasteiger partial charge in [0, 0.05) is 23.7 Å². The van der Waals surface area contributed by atoms with Crippen LogP contribution in [0.2, 0.25) is 0 Å². The minimum Gasteiger partial charge on any atom is -0.487 e. The third-order valence-corrected chi connectivity index (χ3v) is 5.94. The van der Waals surface area contributed by atoms with Gasteiger partial charge in [-0.2, -0.15) is 0 Å². The lowest BCUT2D eigenvalue weighted by Crippen LogP contribution is -2.47. The SMILES string of the molecule is CN(C)CC(=O)Nc1ccc2c(c1)[C@H]1C[C@H](CC(=O)NCC3CC3)O[C@@H](CO)[C@H]1O2. The number of hydrogen-bond acceptors (Lipinski definition) is 6. The molecule has 2 heterocycles. The Morgan fingerprint density at radius 2 is 2.03 bits per heavy atom. The van der Waals surface area contributed by atoms with Gasteiger partial charge in [0.15, 0.2) is 0 Å². The van der Waals surface area contributed by atoms with E-state index in [-0.39, 0.29) is 43.0 Å². The Hall–Kier alpha value is -2.16. The molecule has 4 rings (SSSR count). The van der Waals surface area contributed by atoms with Gasteiger partial charge in [-0.25, -0.2) is 0 Å². The predicted molar refractivity (Wildman–Crippen MR) is 111 cm³/mol. The van der Waals surface area contributed by atoms with Crippen molar-refractivity contribution in [1.82, 2.24) is 10.2 Å². The summed E-state index contributed by atoms with van der Waals surface area (Å²) in [7, 11) is 3.69. The number of carbonyl (C=O) groups is 2. The van der Waals surface area contributed by atoms with Crippen LogP contribution >= 0.6 is 0 Å². The number of anilines is 1. The molecule has 2 amide bonds. The Kier molecular flexibility index (Phi) is 6.26. The highest BCUT2D eigenvalue weighted by Gasteiger charge is 2.46. The normalized spacial score (nSPS) is 27.2. The first-order valence-corrected chi connectivity index (χ1v) is 10.7. The Labute approximate surface area is 176 Å². The van der Waals surface area contributed by atoms with Gasteiger partial charge in [0.25, 0.3) is 0 Å². The minimum absolute atomic E-state index is 0.00845. The molecule has 1 aromatic rings. The molecule has 2 aliphatic heterocycles. The quantitative estimate of drug-likeness (QED) is 0.586. The van der Waals surface area contributed by atoms with E-state index in [1.165, 1.54) is 12.8 Å². The molecule has 164 valence electrons. The first-order chi connectivity index (χ1) is 14.4. The van der Waals surface area contributed by atoms with E-state index in [1.807, 2.05) is 37.2 Å². The van der Waals surface area contributed by atoms with Crippen molar-refractivity contribution in [2.24, 2.45) is 5.92 Å². The molecule has 4 atom stereocenters. The molecule has 1 saturated heterocycles. The van der Waals surface area contributed by atoms with Crippen molar-refractivity contribution in [3.8, 4) is 5.75 Å². The highest BCUT2D eigenvalue weighted by Crippen LogP contribution is 2.47. The number of likely N-dealkylation sites (N-methyl/N-ethyl adjacent to an activating group) is 1. The van der Waals surface area contributed by atoms with Crippen LogP contribution in [0.5, 0.6) is 5.75 Å². The van der Waals surface area contributed by atoms with E-state index < -0.39 is 6.10 Å². The molecule has 0 radical (unpaired) electrons. The molecule has 30 heavy (non-hydrogen) atoms.